The Hall–Kier alpha value is -2.79. The standard InChI is InChI=1S/C14H10F7N5/c15-6-3-7(16)11(18)12(10(6)17)26-25-9-4-8(14(19,20)21)23-13(24-9)22-5-1-2-5/h3-5,26H,1-2H2,(H2,22,23,24,25). The summed E-state index contributed by atoms with van der Waals surface area (Å²) in [7, 11) is 0. The van der Waals surface area contributed by atoms with E-state index in [-0.39, 0.29) is 18.1 Å². The van der Waals surface area contributed by atoms with Crippen molar-refractivity contribution in [1.29, 1.82) is 0 Å². The van der Waals surface area contributed by atoms with E-state index < -0.39 is 46.6 Å². The highest BCUT2D eigenvalue weighted by Gasteiger charge is 2.34. The second-order valence-electron chi connectivity index (χ2n) is 5.47. The van der Waals surface area contributed by atoms with Gasteiger partial charge in [0.2, 0.25) is 5.95 Å². The Morgan fingerprint density at radius 2 is 1.50 bits per heavy atom. The van der Waals surface area contributed by atoms with E-state index >= 15 is 0 Å². The molecule has 1 saturated carbocycles. The minimum atomic E-state index is -4.80. The number of nitrogens with one attached hydrogen (secondary N) is 3. The number of hydrogen-bond acceptors (Lipinski definition) is 5. The van der Waals surface area contributed by atoms with E-state index in [1.54, 1.807) is 5.43 Å². The molecule has 1 heterocycles. The number of alkyl halides is 3. The average Bonchev–Trinajstić information content (AvgIpc) is 3.36. The molecule has 0 bridgehead atoms. The van der Waals surface area contributed by atoms with E-state index in [0.29, 0.717) is 6.07 Å². The zero-order valence-corrected chi connectivity index (χ0v) is 12.7. The number of nitrogens with zero attached hydrogens (tertiary/aromatic N) is 2. The lowest BCUT2D eigenvalue weighted by molar-refractivity contribution is -0.141. The SMILES string of the molecule is Fc1cc(F)c(F)c(NNc2cc(C(F)(F)F)nc(NC3CC3)n2)c1F. The highest BCUT2D eigenvalue weighted by atomic mass is 19.4. The van der Waals surface area contributed by atoms with Crippen molar-refractivity contribution < 1.29 is 30.7 Å². The van der Waals surface area contributed by atoms with E-state index in [4.69, 9.17) is 0 Å². The van der Waals surface area contributed by atoms with Gasteiger partial charge in [-0.15, -0.1) is 0 Å². The number of rotatable bonds is 5. The first-order chi connectivity index (χ1) is 12.1. The minimum Gasteiger partial charge on any atom is -0.351 e. The van der Waals surface area contributed by atoms with Crippen molar-refractivity contribution in [3.8, 4) is 0 Å². The van der Waals surface area contributed by atoms with Gasteiger partial charge in [-0.2, -0.15) is 18.2 Å². The molecule has 0 unspecified atom stereocenters. The van der Waals surface area contributed by atoms with Gasteiger partial charge in [-0.3, -0.25) is 10.9 Å². The van der Waals surface area contributed by atoms with Crippen LogP contribution in [-0.2, 0) is 6.18 Å². The van der Waals surface area contributed by atoms with Crippen molar-refractivity contribution in [2.75, 3.05) is 16.2 Å². The molecule has 3 N–H and O–H groups in total. The quantitative estimate of drug-likeness (QED) is 0.414. The summed E-state index contributed by atoms with van der Waals surface area (Å²) in [6.07, 6.45) is -3.33. The molecule has 1 fully saturated rings. The molecule has 140 valence electrons. The number of benzene rings is 1. The summed E-state index contributed by atoms with van der Waals surface area (Å²) >= 11 is 0. The fourth-order valence-electron chi connectivity index (χ4n) is 1.94. The van der Waals surface area contributed by atoms with E-state index in [9.17, 15) is 30.7 Å². The molecular formula is C14H10F7N5. The zero-order chi connectivity index (χ0) is 19.1. The van der Waals surface area contributed by atoms with Crippen LogP contribution in [0.5, 0.6) is 0 Å². The summed E-state index contributed by atoms with van der Waals surface area (Å²) in [5.74, 6) is -7.72. The molecule has 1 aromatic heterocycles. The fourth-order valence-corrected chi connectivity index (χ4v) is 1.94. The third kappa shape index (κ3) is 3.89. The largest absolute Gasteiger partial charge is 0.433 e. The maximum absolute atomic E-state index is 13.6. The molecular weight excluding hydrogens is 371 g/mol. The van der Waals surface area contributed by atoms with Gasteiger partial charge >= 0.3 is 6.18 Å². The molecule has 0 amide bonds. The van der Waals surface area contributed by atoms with Gasteiger partial charge in [-0.25, -0.2) is 22.5 Å². The molecule has 1 aliphatic rings. The molecule has 0 saturated heterocycles. The fraction of sp³-hybridized carbons (Fsp3) is 0.286. The lowest BCUT2D eigenvalue weighted by Crippen LogP contribution is -2.18. The van der Waals surface area contributed by atoms with Crippen molar-refractivity contribution in [2.24, 2.45) is 0 Å². The Morgan fingerprint density at radius 1 is 0.885 bits per heavy atom. The molecule has 5 nitrogen and oxygen atoms in total. The highest BCUT2D eigenvalue weighted by molar-refractivity contribution is 5.53. The number of aromatic nitrogens is 2. The van der Waals surface area contributed by atoms with E-state index in [1.807, 2.05) is 5.43 Å². The Morgan fingerprint density at radius 3 is 2.04 bits per heavy atom. The molecule has 3 rings (SSSR count). The third-order valence-corrected chi connectivity index (χ3v) is 3.35. The number of hydrogen-bond donors (Lipinski definition) is 3. The highest BCUT2D eigenvalue weighted by Crippen LogP contribution is 2.31. The molecule has 12 heteroatoms. The average molecular weight is 381 g/mol. The maximum atomic E-state index is 13.6. The van der Waals surface area contributed by atoms with Crippen molar-refractivity contribution >= 4 is 17.5 Å². The van der Waals surface area contributed by atoms with Crippen LogP contribution in [0.2, 0.25) is 0 Å². The lowest BCUT2D eigenvalue weighted by atomic mass is 10.2. The Kier molecular flexibility index (Phi) is 4.50. The molecule has 1 aromatic carbocycles. The van der Waals surface area contributed by atoms with Crippen molar-refractivity contribution in [1.82, 2.24) is 9.97 Å². The number of halogens is 7. The molecule has 1 aliphatic carbocycles. The predicted molar refractivity (Wildman–Crippen MR) is 77.2 cm³/mol. The molecule has 2 aromatic rings. The van der Waals surface area contributed by atoms with Crippen LogP contribution in [0, 0.1) is 23.3 Å². The van der Waals surface area contributed by atoms with Crippen molar-refractivity contribution in [3.63, 3.8) is 0 Å². The van der Waals surface area contributed by atoms with Crippen LogP contribution in [0.1, 0.15) is 18.5 Å². The van der Waals surface area contributed by atoms with Crippen molar-refractivity contribution in [2.45, 2.75) is 25.1 Å². The zero-order valence-electron chi connectivity index (χ0n) is 12.7. The summed E-state index contributed by atoms with van der Waals surface area (Å²) in [5, 5.41) is 2.65. The van der Waals surface area contributed by atoms with Gasteiger partial charge in [-0.05, 0) is 12.8 Å². The Balaban J connectivity index is 1.87. The Labute approximate surface area is 141 Å². The summed E-state index contributed by atoms with van der Waals surface area (Å²) < 4.78 is 92.2. The van der Waals surface area contributed by atoms with Gasteiger partial charge in [0, 0.05) is 18.2 Å². The minimum absolute atomic E-state index is 0.0000462. The smallest absolute Gasteiger partial charge is 0.351 e. The summed E-state index contributed by atoms with van der Waals surface area (Å²) in [5.41, 5.74) is 1.22. The summed E-state index contributed by atoms with van der Waals surface area (Å²) in [4.78, 5) is 7.04. The van der Waals surface area contributed by atoms with Crippen LogP contribution < -0.4 is 16.2 Å². The Bertz CT molecular complexity index is 809. The molecule has 0 aliphatic heterocycles. The van der Waals surface area contributed by atoms with Crippen LogP contribution in [0.3, 0.4) is 0 Å². The van der Waals surface area contributed by atoms with E-state index in [1.165, 1.54) is 0 Å². The van der Waals surface area contributed by atoms with Gasteiger partial charge in [0.05, 0.1) is 0 Å². The van der Waals surface area contributed by atoms with Crippen molar-refractivity contribution in [3.05, 3.63) is 41.1 Å². The lowest BCUT2D eigenvalue weighted by Gasteiger charge is -2.14. The second-order valence-corrected chi connectivity index (χ2v) is 5.47. The molecule has 0 spiro atoms. The van der Waals surface area contributed by atoms with Crippen LogP contribution in [0.25, 0.3) is 0 Å². The van der Waals surface area contributed by atoms with E-state index in [2.05, 4.69) is 15.3 Å². The van der Waals surface area contributed by atoms with Gasteiger partial charge in [0.1, 0.15) is 5.69 Å². The normalized spacial score (nSPS) is 14.3. The van der Waals surface area contributed by atoms with Gasteiger partial charge in [0.25, 0.3) is 0 Å². The van der Waals surface area contributed by atoms with Crippen LogP contribution in [0.15, 0.2) is 12.1 Å². The number of anilines is 3. The second kappa shape index (κ2) is 6.50. The van der Waals surface area contributed by atoms with Crippen LogP contribution in [-0.4, -0.2) is 16.0 Å². The first kappa shape index (κ1) is 18.0. The van der Waals surface area contributed by atoms with Gasteiger partial charge < -0.3 is 5.32 Å². The van der Waals surface area contributed by atoms with Crippen LogP contribution in [0.4, 0.5) is 48.2 Å². The first-order valence-corrected chi connectivity index (χ1v) is 7.23. The summed E-state index contributed by atoms with van der Waals surface area (Å²) in [6, 6.07) is 0.405. The third-order valence-electron chi connectivity index (χ3n) is 3.35. The molecule has 0 radical (unpaired) electrons. The maximum Gasteiger partial charge on any atom is 0.433 e. The first-order valence-electron chi connectivity index (χ1n) is 7.23. The summed E-state index contributed by atoms with van der Waals surface area (Å²) in [6.45, 7) is 0. The van der Waals surface area contributed by atoms with Crippen LogP contribution >= 0.6 is 0 Å². The van der Waals surface area contributed by atoms with Gasteiger partial charge in [0.15, 0.2) is 34.8 Å². The topological polar surface area (TPSA) is 61.9 Å². The predicted octanol–water partition coefficient (Wildman–Crippen LogP) is 4.07. The van der Waals surface area contributed by atoms with Gasteiger partial charge in [-0.1, -0.05) is 0 Å². The monoisotopic (exact) mass is 381 g/mol. The van der Waals surface area contributed by atoms with E-state index in [0.717, 1.165) is 12.8 Å². The number of hydrazine groups is 1. The molecule has 26 heavy (non-hydrogen) atoms. The molecule has 0 atom stereocenters.